The van der Waals surface area contributed by atoms with Gasteiger partial charge >= 0.3 is 13.8 Å². The molecule has 3 nitrogen and oxygen atoms in total. The molecule has 0 amide bonds. The normalized spacial score (nSPS) is 24.3. The average Bonchev–Trinajstić information content (AvgIpc) is 2.16. The zero-order valence-electron chi connectivity index (χ0n) is 9.74. The van der Waals surface area contributed by atoms with E-state index in [1.54, 1.807) is 0 Å². The molecule has 0 aliphatic heterocycles. The minimum Gasteiger partial charge on any atom is -0.324 e. The molecule has 1 fully saturated rings. The average molecular weight is 274 g/mol. The quantitative estimate of drug-likeness (QED) is 0.792. The third-order valence-electron chi connectivity index (χ3n) is 3.01. The first-order valence-electron chi connectivity index (χ1n) is 5.85. The van der Waals surface area contributed by atoms with Crippen molar-refractivity contribution in [2.24, 2.45) is 0 Å². The summed E-state index contributed by atoms with van der Waals surface area (Å²) in [4.78, 5) is 9.48. The molecule has 2 atom stereocenters. The van der Waals surface area contributed by atoms with E-state index in [4.69, 9.17) is 4.52 Å². The smallest absolute Gasteiger partial charge is 0.324 e. The van der Waals surface area contributed by atoms with Gasteiger partial charge in [-0.1, -0.05) is 26.2 Å². The van der Waals surface area contributed by atoms with Crippen molar-refractivity contribution >= 4 is 7.60 Å². The highest BCUT2D eigenvalue weighted by Gasteiger charge is 2.51. The molecule has 0 radical (unpaired) electrons. The Balaban J connectivity index is 2.68. The van der Waals surface area contributed by atoms with Crippen LogP contribution in [0, 0.1) is 0 Å². The van der Waals surface area contributed by atoms with Crippen molar-refractivity contribution in [3.05, 3.63) is 0 Å². The molecular weight excluding hydrogens is 256 g/mol. The van der Waals surface area contributed by atoms with Crippen LogP contribution < -0.4 is 0 Å². The summed E-state index contributed by atoms with van der Waals surface area (Å²) in [5.41, 5.74) is -2.27. The van der Waals surface area contributed by atoms with Crippen LogP contribution in [-0.4, -0.2) is 22.8 Å². The third kappa shape index (κ3) is 4.27. The molecule has 0 aromatic heterocycles. The molecule has 17 heavy (non-hydrogen) atoms. The second-order valence-electron chi connectivity index (χ2n) is 4.40. The highest BCUT2D eigenvalue weighted by atomic mass is 31.2. The SMILES string of the molecule is CCC(C(F)(F)F)P(=O)(O)OC1CCCCC1. The van der Waals surface area contributed by atoms with Gasteiger partial charge in [0.05, 0.1) is 6.10 Å². The first-order chi connectivity index (χ1) is 7.77. The Morgan fingerprint density at radius 3 is 2.29 bits per heavy atom. The number of halogens is 3. The summed E-state index contributed by atoms with van der Waals surface area (Å²) in [6.07, 6.45) is -1.81. The number of hydrogen-bond acceptors (Lipinski definition) is 2. The minimum atomic E-state index is -4.69. The van der Waals surface area contributed by atoms with Gasteiger partial charge in [0, 0.05) is 0 Å². The number of alkyl halides is 3. The largest absolute Gasteiger partial charge is 0.403 e. The van der Waals surface area contributed by atoms with Gasteiger partial charge in [0.1, 0.15) is 0 Å². The van der Waals surface area contributed by atoms with Gasteiger partial charge in [-0.05, 0) is 19.3 Å². The predicted molar refractivity (Wildman–Crippen MR) is 57.9 cm³/mol. The topological polar surface area (TPSA) is 46.5 Å². The summed E-state index contributed by atoms with van der Waals surface area (Å²) in [6, 6.07) is 0. The Labute approximate surface area is 98.9 Å². The molecule has 0 spiro atoms. The Bertz CT molecular complexity index is 287. The second kappa shape index (κ2) is 5.72. The Morgan fingerprint density at radius 1 is 1.35 bits per heavy atom. The lowest BCUT2D eigenvalue weighted by Crippen LogP contribution is -2.30. The molecular formula is C10H18F3O3P. The minimum absolute atomic E-state index is 0.440. The van der Waals surface area contributed by atoms with Gasteiger partial charge in [0.2, 0.25) is 0 Å². The second-order valence-corrected chi connectivity index (χ2v) is 6.36. The fraction of sp³-hybridized carbons (Fsp3) is 1.00. The fourth-order valence-corrected chi connectivity index (χ4v) is 3.72. The standard InChI is InChI=1S/C10H18F3O3P/c1-2-9(10(11,12)13)17(14,15)16-8-6-4-3-5-7-8/h8-9H,2-7H2,1H3,(H,14,15). The van der Waals surface area contributed by atoms with E-state index in [-0.39, 0.29) is 0 Å². The summed E-state index contributed by atoms with van der Waals surface area (Å²) < 4.78 is 54.2. The fourth-order valence-electron chi connectivity index (χ4n) is 2.10. The van der Waals surface area contributed by atoms with Crippen LogP contribution in [0.25, 0.3) is 0 Å². The van der Waals surface area contributed by atoms with Crippen LogP contribution in [0.4, 0.5) is 13.2 Å². The first-order valence-corrected chi connectivity index (χ1v) is 7.49. The van der Waals surface area contributed by atoms with Crippen molar-refractivity contribution in [3.8, 4) is 0 Å². The van der Waals surface area contributed by atoms with Crippen LogP contribution in [-0.2, 0) is 9.09 Å². The van der Waals surface area contributed by atoms with E-state index in [1.807, 2.05) is 0 Å². The summed E-state index contributed by atoms with van der Waals surface area (Å²) in [6.45, 7) is 1.24. The van der Waals surface area contributed by atoms with Gasteiger partial charge in [-0.3, -0.25) is 4.57 Å². The maximum absolute atomic E-state index is 12.6. The van der Waals surface area contributed by atoms with E-state index in [9.17, 15) is 22.6 Å². The van der Waals surface area contributed by atoms with Gasteiger partial charge in [-0.2, -0.15) is 13.2 Å². The molecule has 1 rings (SSSR count). The van der Waals surface area contributed by atoms with E-state index in [0.29, 0.717) is 12.8 Å². The van der Waals surface area contributed by atoms with Gasteiger partial charge < -0.3 is 9.42 Å². The maximum Gasteiger partial charge on any atom is 0.403 e. The van der Waals surface area contributed by atoms with E-state index in [1.165, 1.54) is 6.92 Å². The molecule has 1 saturated carbocycles. The van der Waals surface area contributed by atoms with E-state index < -0.39 is 32.0 Å². The monoisotopic (exact) mass is 274 g/mol. The lowest BCUT2D eigenvalue weighted by molar-refractivity contribution is -0.135. The van der Waals surface area contributed by atoms with E-state index >= 15 is 0 Å². The summed E-state index contributed by atoms with van der Waals surface area (Å²) in [7, 11) is -4.62. The van der Waals surface area contributed by atoms with Gasteiger partial charge in [-0.15, -0.1) is 0 Å². The van der Waals surface area contributed by atoms with Crippen molar-refractivity contribution in [1.29, 1.82) is 0 Å². The van der Waals surface area contributed by atoms with E-state index in [2.05, 4.69) is 0 Å². The molecule has 0 saturated heterocycles. The van der Waals surface area contributed by atoms with Crippen molar-refractivity contribution in [2.75, 3.05) is 0 Å². The zero-order valence-corrected chi connectivity index (χ0v) is 10.6. The molecule has 1 aliphatic rings. The Hall–Kier alpha value is -0.0600. The molecule has 1 N–H and O–H groups in total. The first kappa shape index (κ1) is 15.0. The van der Waals surface area contributed by atoms with E-state index in [0.717, 1.165) is 19.3 Å². The number of hydrogen-bond donors (Lipinski definition) is 1. The molecule has 0 bridgehead atoms. The van der Waals surface area contributed by atoms with Gasteiger partial charge in [0.15, 0.2) is 5.66 Å². The van der Waals surface area contributed by atoms with Crippen molar-refractivity contribution in [3.63, 3.8) is 0 Å². The van der Waals surface area contributed by atoms with Crippen LogP contribution >= 0.6 is 7.60 Å². The molecule has 7 heteroatoms. The van der Waals surface area contributed by atoms with Crippen LogP contribution in [0.2, 0.25) is 0 Å². The molecule has 1 aliphatic carbocycles. The lowest BCUT2D eigenvalue weighted by Gasteiger charge is -2.29. The summed E-state index contributed by atoms with van der Waals surface area (Å²) in [5.74, 6) is 0. The number of rotatable bonds is 4. The highest BCUT2D eigenvalue weighted by Crippen LogP contribution is 2.56. The highest BCUT2D eigenvalue weighted by molar-refractivity contribution is 7.53. The molecule has 2 unspecified atom stereocenters. The zero-order chi connectivity index (χ0) is 13.1. The summed E-state index contributed by atoms with van der Waals surface area (Å²) >= 11 is 0. The Morgan fingerprint density at radius 2 is 1.88 bits per heavy atom. The molecule has 0 aromatic carbocycles. The lowest BCUT2D eigenvalue weighted by atomic mass is 9.98. The van der Waals surface area contributed by atoms with Crippen LogP contribution in [0.3, 0.4) is 0 Å². The molecule has 102 valence electrons. The van der Waals surface area contributed by atoms with Gasteiger partial charge in [0.25, 0.3) is 0 Å². The van der Waals surface area contributed by atoms with Crippen LogP contribution in [0.5, 0.6) is 0 Å². The Kier molecular flexibility index (Phi) is 5.05. The summed E-state index contributed by atoms with van der Waals surface area (Å²) in [5, 5.41) is 0. The van der Waals surface area contributed by atoms with Crippen molar-refractivity contribution < 1.29 is 27.2 Å². The predicted octanol–water partition coefficient (Wildman–Crippen LogP) is 3.86. The van der Waals surface area contributed by atoms with Crippen LogP contribution in [0.15, 0.2) is 0 Å². The molecule has 0 aromatic rings. The van der Waals surface area contributed by atoms with Gasteiger partial charge in [-0.25, -0.2) is 0 Å². The third-order valence-corrected chi connectivity index (χ3v) is 5.06. The van der Waals surface area contributed by atoms with Crippen molar-refractivity contribution in [1.82, 2.24) is 0 Å². The molecule has 0 heterocycles. The van der Waals surface area contributed by atoms with Crippen molar-refractivity contribution in [2.45, 2.75) is 63.4 Å². The maximum atomic E-state index is 12.6. The van der Waals surface area contributed by atoms with Crippen LogP contribution in [0.1, 0.15) is 45.4 Å².